The molecule has 0 aromatic heterocycles. The Hall–Kier alpha value is -2.66. The average molecular weight is 398 g/mol. The second kappa shape index (κ2) is 12.7. The van der Waals surface area contributed by atoms with E-state index in [0.717, 1.165) is 11.1 Å². The maximum atomic E-state index is 12.8. The van der Waals surface area contributed by atoms with Gasteiger partial charge in [-0.3, -0.25) is 9.59 Å². The molecule has 0 spiro atoms. The molecule has 0 saturated heterocycles. The Balaban J connectivity index is 2.17. The van der Waals surface area contributed by atoms with E-state index in [2.05, 4.69) is 5.32 Å². The molecule has 1 amide bonds. The van der Waals surface area contributed by atoms with Crippen molar-refractivity contribution in [2.45, 2.75) is 32.6 Å². The molecule has 0 unspecified atom stereocenters. The Labute approximate surface area is 173 Å². The van der Waals surface area contributed by atoms with Crippen molar-refractivity contribution in [2.24, 2.45) is 11.8 Å². The number of carbonyl (C=O) groups is 2. The van der Waals surface area contributed by atoms with Gasteiger partial charge >= 0.3 is 5.97 Å². The first kappa shape index (κ1) is 22.6. The SMILES string of the molecule is CCOC(=O)[C@@H](Cc1ccccc1)C[C@H](Cc1ccccc1)C(=O)NCCCO. The van der Waals surface area contributed by atoms with Crippen LogP contribution in [0.2, 0.25) is 0 Å². The van der Waals surface area contributed by atoms with Crippen LogP contribution in [0.25, 0.3) is 0 Å². The predicted octanol–water partition coefficient (Wildman–Crippen LogP) is 3.16. The van der Waals surface area contributed by atoms with Crippen molar-refractivity contribution in [3.05, 3.63) is 71.8 Å². The first-order valence-electron chi connectivity index (χ1n) is 10.3. The molecule has 0 heterocycles. The highest BCUT2D eigenvalue weighted by atomic mass is 16.5. The number of benzene rings is 2. The summed E-state index contributed by atoms with van der Waals surface area (Å²) in [7, 11) is 0. The second-order valence-electron chi connectivity index (χ2n) is 7.13. The van der Waals surface area contributed by atoms with Crippen LogP contribution in [0.1, 0.15) is 30.9 Å². The van der Waals surface area contributed by atoms with Crippen molar-refractivity contribution in [1.82, 2.24) is 5.32 Å². The van der Waals surface area contributed by atoms with E-state index in [0.29, 0.717) is 38.8 Å². The van der Waals surface area contributed by atoms with Crippen molar-refractivity contribution < 1.29 is 19.4 Å². The lowest BCUT2D eigenvalue weighted by Gasteiger charge is -2.22. The fourth-order valence-electron chi connectivity index (χ4n) is 3.38. The molecule has 29 heavy (non-hydrogen) atoms. The van der Waals surface area contributed by atoms with E-state index < -0.39 is 5.92 Å². The predicted molar refractivity (Wildman–Crippen MR) is 113 cm³/mol. The molecule has 2 aromatic rings. The number of rotatable bonds is 12. The molecular formula is C24H31NO4. The van der Waals surface area contributed by atoms with Gasteiger partial charge in [0.1, 0.15) is 0 Å². The average Bonchev–Trinajstić information content (AvgIpc) is 2.74. The van der Waals surface area contributed by atoms with Crippen LogP contribution < -0.4 is 5.32 Å². The first-order chi connectivity index (χ1) is 14.1. The zero-order valence-electron chi connectivity index (χ0n) is 17.0. The van der Waals surface area contributed by atoms with Gasteiger partial charge in [0.2, 0.25) is 5.91 Å². The number of aliphatic hydroxyl groups is 1. The first-order valence-corrected chi connectivity index (χ1v) is 10.3. The number of carbonyl (C=O) groups excluding carboxylic acids is 2. The summed E-state index contributed by atoms with van der Waals surface area (Å²) < 4.78 is 5.30. The third-order valence-corrected chi connectivity index (χ3v) is 4.84. The zero-order valence-corrected chi connectivity index (χ0v) is 17.0. The fraction of sp³-hybridized carbons (Fsp3) is 0.417. The summed E-state index contributed by atoms with van der Waals surface area (Å²) in [6, 6.07) is 19.6. The minimum absolute atomic E-state index is 0.0308. The highest BCUT2D eigenvalue weighted by Crippen LogP contribution is 2.23. The van der Waals surface area contributed by atoms with Gasteiger partial charge < -0.3 is 15.2 Å². The summed E-state index contributed by atoms with van der Waals surface area (Å²) >= 11 is 0. The lowest BCUT2D eigenvalue weighted by Crippen LogP contribution is -2.36. The summed E-state index contributed by atoms with van der Waals surface area (Å²) in [4.78, 5) is 25.5. The molecule has 0 bridgehead atoms. The minimum atomic E-state index is -0.394. The molecule has 156 valence electrons. The lowest BCUT2D eigenvalue weighted by atomic mass is 9.85. The Bertz CT molecular complexity index is 733. The highest BCUT2D eigenvalue weighted by molar-refractivity contribution is 5.80. The van der Waals surface area contributed by atoms with Crippen LogP contribution >= 0.6 is 0 Å². The standard InChI is InChI=1S/C24H31NO4/c1-2-29-24(28)22(17-20-12-7-4-8-13-20)18-21(23(27)25-14-9-15-26)16-19-10-5-3-6-11-19/h3-8,10-13,21-22,26H,2,9,14-18H2,1H3,(H,25,27)/t21-,22-/m0/s1. The zero-order chi connectivity index (χ0) is 20.9. The number of nitrogens with one attached hydrogen (secondary N) is 1. The van der Waals surface area contributed by atoms with Crippen LogP contribution in [0.15, 0.2) is 60.7 Å². The molecule has 5 heteroatoms. The van der Waals surface area contributed by atoms with Crippen LogP contribution in [0.3, 0.4) is 0 Å². The quantitative estimate of drug-likeness (QED) is 0.426. The number of hydrogen-bond donors (Lipinski definition) is 2. The van der Waals surface area contributed by atoms with E-state index >= 15 is 0 Å². The number of aliphatic hydroxyl groups excluding tert-OH is 1. The van der Waals surface area contributed by atoms with Gasteiger partial charge in [0.15, 0.2) is 0 Å². The molecule has 2 N–H and O–H groups in total. The van der Waals surface area contributed by atoms with Crippen LogP contribution in [0.4, 0.5) is 0 Å². The number of esters is 1. The van der Waals surface area contributed by atoms with E-state index in [9.17, 15) is 9.59 Å². The van der Waals surface area contributed by atoms with Gasteiger partial charge in [-0.05, 0) is 43.7 Å². The van der Waals surface area contributed by atoms with Crippen LogP contribution in [0.5, 0.6) is 0 Å². The summed E-state index contributed by atoms with van der Waals surface area (Å²) in [5, 5.41) is 11.9. The normalized spacial score (nSPS) is 12.8. The van der Waals surface area contributed by atoms with Crippen molar-refractivity contribution in [1.29, 1.82) is 0 Å². The van der Waals surface area contributed by atoms with Crippen molar-refractivity contribution in [3.63, 3.8) is 0 Å². The monoisotopic (exact) mass is 397 g/mol. The number of amides is 1. The van der Waals surface area contributed by atoms with Crippen LogP contribution in [-0.4, -0.2) is 36.7 Å². The van der Waals surface area contributed by atoms with Gasteiger partial charge in [0.25, 0.3) is 0 Å². The molecule has 0 fully saturated rings. The molecule has 0 aliphatic rings. The van der Waals surface area contributed by atoms with Gasteiger partial charge in [0.05, 0.1) is 12.5 Å². The topological polar surface area (TPSA) is 75.6 Å². The van der Waals surface area contributed by atoms with Crippen molar-refractivity contribution in [3.8, 4) is 0 Å². The molecule has 0 radical (unpaired) electrons. The van der Waals surface area contributed by atoms with Crippen molar-refractivity contribution >= 4 is 11.9 Å². The summed E-state index contributed by atoms with van der Waals surface area (Å²) in [6.45, 7) is 2.56. The largest absolute Gasteiger partial charge is 0.466 e. The molecular weight excluding hydrogens is 366 g/mol. The lowest BCUT2D eigenvalue weighted by molar-refractivity contribution is -0.148. The molecule has 2 aromatic carbocycles. The molecule has 5 nitrogen and oxygen atoms in total. The Kier molecular flexibility index (Phi) is 9.93. The smallest absolute Gasteiger partial charge is 0.309 e. The molecule has 2 atom stereocenters. The summed E-state index contributed by atoms with van der Waals surface area (Å²) in [5.41, 5.74) is 2.10. The molecule has 0 aliphatic heterocycles. The van der Waals surface area contributed by atoms with E-state index in [1.807, 2.05) is 60.7 Å². The molecule has 0 aliphatic carbocycles. The third kappa shape index (κ3) is 8.08. The van der Waals surface area contributed by atoms with E-state index in [1.54, 1.807) is 6.92 Å². The van der Waals surface area contributed by atoms with E-state index in [1.165, 1.54) is 0 Å². The second-order valence-corrected chi connectivity index (χ2v) is 7.13. The van der Waals surface area contributed by atoms with E-state index in [4.69, 9.17) is 9.84 Å². The van der Waals surface area contributed by atoms with Gasteiger partial charge in [-0.1, -0.05) is 60.7 Å². The highest BCUT2D eigenvalue weighted by Gasteiger charge is 2.28. The Morgan fingerprint density at radius 1 is 0.931 bits per heavy atom. The Morgan fingerprint density at radius 2 is 1.48 bits per heavy atom. The van der Waals surface area contributed by atoms with Crippen LogP contribution in [-0.2, 0) is 27.2 Å². The third-order valence-electron chi connectivity index (χ3n) is 4.84. The summed E-state index contributed by atoms with van der Waals surface area (Å²) in [5.74, 6) is -1.11. The number of hydrogen-bond acceptors (Lipinski definition) is 4. The van der Waals surface area contributed by atoms with E-state index in [-0.39, 0.29) is 24.4 Å². The van der Waals surface area contributed by atoms with Crippen LogP contribution in [0, 0.1) is 11.8 Å². The van der Waals surface area contributed by atoms with Crippen molar-refractivity contribution in [2.75, 3.05) is 19.8 Å². The van der Waals surface area contributed by atoms with Gasteiger partial charge in [-0.15, -0.1) is 0 Å². The molecule has 2 rings (SSSR count). The van der Waals surface area contributed by atoms with Gasteiger partial charge in [0, 0.05) is 19.1 Å². The van der Waals surface area contributed by atoms with Gasteiger partial charge in [-0.2, -0.15) is 0 Å². The summed E-state index contributed by atoms with van der Waals surface area (Å²) in [6.07, 6.45) is 2.01. The molecule has 0 saturated carbocycles. The minimum Gasteiger partial charge on any atom is -0.466 e. The van der Waals surface area contributed by atoms with Gasteiger partial charge in [-0.25, -0.2) is 0 Å². The fourth-order valence-corrected chi connectivity index (χ4v) is 3.38. The number of ether oxygens (including phenoxy) is 1. The maximum Gasteiger partial charge on any atom is 0.309 e. The maximum absolute atomic E-state index is 12.8. The Morgan fingerprint density at radius 3 is 2.00 bits per heavy atom.